The van der Waals surface area contributed by atoms with Crippen LogP contribution >= 0.6 is 63.7 Å². The normalized spacial score (nSPS) is 11.4. The molecule has 0 bridgehead atoms. The average Bonchev–Trinajstić information content (AvgIpc) is 3.05. The molecule has 0 aromatic heterocycles. The van der Waals surface area contributed by atoms with Crippen molar-refractivity contribution in [1.29, 1.82) is 0 Å². The molecule has 0 saturated heterocycles. The van der Waals surface area contributed by atoms with Crippen LogP contribution in [0.25, 0.3) is 33.4 Å². The summed E-state index contributed by atoms with van der Waals surface area (Å²) in [7, 11) is 0. The minimum absolute atomic E-state index is 0. The molecule has 226 valence electrons. The number of hydrogen-bond acceptors (Lipinski definition) is 6. The van der Waals surface area contributed by atoms with Gasteiger partial charge in [0.05, 0.1) is 21.1 Å². The van der Waals surface area contributed by atoms with Gasteiger partial charge < -0.3 is 19.0 Å². The van der Waals surface area contributed by atoms with E-state index in [1.165, 1.54) is 11.1 Å². The summed E-state index contributed by atoms with van der Waals surface area (Å²) in [6.07, 6.45) is 0.979. The minimum atomic E-state index is -0.475. The monoisotopic (exact) mass is 892 g/mol. The first kappa shape index (κ1) is 35.5. The van der Waals surface area contributed by atoms with Crippen molar-refractivity contribution in [1.82, 2.24) is 0 Å². The van der Waals surface area contributed by atoms with Crippen LogP contribution in [0, 0.1) is 0 Å². The number of hydrogen-bond donors (Lipinski definition) is 0. The third kappa shape index (κ3) is 6.86. The van der Waals surface area contributed by atoms with Crippen molar-refractivity contribution in [3.63, 3.8) is 0 Å². The first-order chi connectivity index (χ1) is 21.7. The van der Waals surface area contributed by atoms with E-state index in [1.54, 1.807) is 43.3 Å². The molecule has 6 nitrogen and oxygen atoms in total. The van der Waals surface area contributed by atoms with Crippen molar-refractivity contribution in [2.24, 2.45) is 0 Å². The Kier molecular flexibility index (Phi) is 11.7. The van der Waals surface area contributed by atoms with Crippen LogP contribution in [0.5, 0.6) is 17.2 Å². The molecule has 0 spiro atoms. The summed E-state index contributed by atoms with van der Waals surface area (Å²) in [5.74, 6) is 1.47. The van der Waals surface area contributed by atoms with Gasteiger partial charge in [0.15, 0.2) is 5.76 Å². The van der Waals surface area contributed by atoms with E-state index in [-0.39, 0.29) is 89.5 Å². The fourth-order valence-electron chi connectivity index (χ4n) is 5.19. The molecular formula is C35H21Br4KO6. The molecule has 0 N–H and O–H groups in total. The second-order valence-corrected chi connectivity index (χ2v) is 13.3. The van der Waals surface area contributed by atoms with E-state index in [9.17, 15) is 14.7 Å². The molecule has 0 fully saturated rings. The zero-order chi connectivity index (χ0) is 31.8. The number of rotatable bonds is 3. The van der Waals surface area contributed by atoms with Crippen LogP contribution in [0.15, 0.2) is 112 Å². The number of esters is 1. The number of carbonyl (C=O) groups excluding carboxylic acids is 1. The molecule has 2 aliphatic heterocycles. The number of benzene rings is 5. The number of para-hydroxylation sites is 2. The summed E-state index contributed by atoms with van der Waals surface area (Å²) in [6.45, 7) is 1.97. The van der Waals surface area contributed by atoms with Crippen LogP contribution in [-0.2, 0) is 11.2 Å². The minimum Gasteiger partial charge on any atom is -0.871 e. The van der Waals surface area contributed by atoms with Gasteiger partial charge in [-0.3, -0.25) is 4.79 Å². The predicted octanol–water partition coefficient (Wildman–Crippen LogP) is 7.25. The van der Waals surface area contributed by atoms with Crippen molar-refractivity contribution >= 4 is 80.7 Å². The molecule has 0 saturated carbocycles. The van der Waals surface area contributed by atoms with Crippen LogP contribution in [0.4, 0.5) is 0 Å². The molecular weight excluding hydrogens is 875 g/mol. The number of carbonyl (C=O) groups is 1. The van der Waals surface area contributed by atoms with Gasteiger partial charge in [-0.1, -0.05) is 76.3 Å². The van der Waals surface area contributed by atoms with Crippen LogP contribution in [0.3, 0.4) is 0 Å². The zero-order valence-corrected chi connectivity index (χ0v) is 33.9. The third-order valence-electron chi connectivity index (χ3n) is 7.24. The van der Waals surface area contributed by atoms with Gasteiger partial charge >= 0.3 is 57.4 Å². The van der Waals surface area contributed by atoms with E-state index in [2.05, 4.69) is 88.0 Å². The summed E-state index contributed by atoms with van der Waals surface area (Å²) in [5, 5.41) is 13.1. The maximum absolute atomic E-state index is 12.7. The maximum Gasteiger partial charge on any atom is 1.00 e. The molecule has 3 aliphatic rings. The van der Waals surface area contributed by atoms with Crippen LogP contribution < -0.4 is 66.7 Å². The van der Waals surface area contributed by atoms with E-state index in [0.717, 1.165) is 17.9 Å². The second-order valence-electron chi connectivity index (χ2n) is 9.99. The molecule has 46 heavy (non-hydrogen) atoms. The number of fused-ring (bicyclic) bond motifs is 4. The van der Waals surface area contributed by atoms with E-state index in [0.29, 0.717) is 36.6 Å². The summed E-state index contributed by atoms with van der Waals surface area (Å²) in [5.41, 5.74) is 4.66. The van der Waals surface area contributed by atoms with Gasteiger partial charge in [0.1, 0.15) is 21.6 Å². The first-order valence-corrected chi connectivity index (χ1v) is 16.9. The second kappa shape index (κ2) is 15.2. The molecule has 2 heterocycles. The fourth-order valence-corrected chi connectivity index (χ4v) is 7.59. The SMILES string of the molecule is CCOC(=O)c1ccccc1-c1c2cc(Br)c(=O)c(Br)c-2oc2c(Br)c([O-])c(Br)cc12.[K+].c1ccc2c(c1)Cc1ccccc1O2. The Morgan fingerprint density at radius 3 is 2.09 bits per heavy atom. The molecule has 7 rings (SSSR count). The van der Waals surface area contributed by atoms with E-state index >= 15 is 0 Å². The van der Waals surface area contributed by atoms with Gasteiger partial charge in [-0.2, -0.15) is 0 Å². The Bertz CT molecular complexity index is 2060. The topological polar surface area (TPSA) is 88.8 Å². The average molecular weight is 896 g/mol. The van der Waals surface area contributed by atoms with Crippen molar-refractivity contribution in [3.05, 3.63) is 130 Å². The summed E-state index contributed by atoms with van der Waals surface area (Å²) >= 11 is 13.3. The Morgan fingerprint density at radius 1 is 0.826 bits per heavy atom. The van der Waals surface area contributed by atoms with Gasteiger partial charge in [0.25, 0.3) is 0 Å². The van der Waals surface area contributed by atoms with E-state index in [1.807, 2.05) is 24.3 Å². The summed E-state index contributed by atoms with van der Waals surface area (Å²) in [6, 6.07) is 26.7. The van der Waals surface area contributed by atoms with Gasteiger partial charge in [0, 0.05) is 27.4 Å². The molecule has 1 aliphatic carbocycles. The van der Waals surface area contributed by atoms with E-state index in [4.69, 9.17) is 13.9 Å². The standard InChI is InChI=1S/C22H12Br4O5.C13H10O.K/c1-2-30-22(29)10-6-4-3-5-9(10)15-11-7-13(23)18(27)16(25)20(11)31-21-12(15)8-14(24)19(28)17(21)26;1-3-7-12-10(5-1)9-11-6-2-4-8-13(11)14-12;/h3-8,27H,2H2,1H3;1-8H,9H2;/q;;+1/p-1. The van der Waals surface area contributed by atoms with Gasteiger partial charge in [-0.25, -0.2) is 4.79 Å². The number of halogens is 4. The van der Waals surface area contributed by atoms with Gasteiger partial charge in [-0.15, -0.1) is 0 Å². The molecule has 0 unspecified atom stereocenters. The smallest absolute Gasteiger partial charge is 0.871 e. The molecule has 4 aromatic rings. The van der Waals surface area contributed by atoms with Crippen molar-refractivity contribution in [2.75, 3.05) is 6.61 Å². The molecule has 11 heteroatoms. The Balaban J connectivity index is 0.000000231. The Labute approximate surface area is 340 Å². The van der Waals surface area contributed by atoms with Crippen LogP contribution in [-0.4, -0.2) is 12.6 Å². The summed E-state index contributed by atoms with van der Waals surface area (Å²) in [4.78, 5) is 25.2. The Hall–Kier alpha value is -1.80. The zero-order valence-electron chi connectivity index (χ0n) is 24.5. The first-order valence-electron chi connectivity index (χ1n) is 13.7. The van der Waals surface area contributed by atoms with Crippen LogP contribution in [0.1, 0.15) is 28.4 Å². The van der Waals surface area contributed by atoms with Crippen LogP contribution in [0.2, 0.25) is 0 Å². The molecule has 0 atom stereocenters. The third-order valence-corrected chi connectivity index (χ3v) is 9.86. The Morgan fingerprint density at radius 2 is 1.43 bits per heavy atom. The van der Waals surface area contributed by atoms with E-state index < -0.39 is 5.97 Å². The molecule has 0 amide bonds. The quantitative estimate of drug-likeness (QED) is 0.106. The largest absolute Gasteiger partial charge is 1.00 e. The summed E-state index contributed by atoms with van der Waals surface area (Å²) < 4.78 is 18.1. The maximum atomic E-state index is 12.7. The fraction of sp³-hybridized carbons (Fsp3) is 0.0857. The van der Waals surface area contributed by atoms with Crippen molar-refractivity contribution < 1.29 is 75.2 Å². The molecule has 4 aromatic carbocycles. The van der Waals surface area contributed by atoms with Gasteiger partial charge in [0.2, 0.25) is 5.43 Å². The van der Waals surface area contributed by atoms with Crippen molar-refractivity contribution in [2.45, 2.75) is 13.3 Å². The van der Waals surface area contributed by atoms with Crippen molar-refractivity contribution in [3.8, 4) is 39.7 Å². The molecule has 0 radical (unpaired) electrons. The predicted molar refractivity (Wildman–Crippen MR) is 187 cm³/mol. The number of ether oxygens (including phenoxy) is 2. The van der Waals surface area contributed by atoms with Gasteiger partial charge in [-0.05, 0) is 102 Å².